The fourth-order valence-corrected chi connectivity index (χ4v) is 1.71. The molecule has 2 aromatic rings. The normalized spacial score (nSPS) is 10.5. The van der Waals surface area contributed by atoms with Crippen LogP contribution < -0.4 is 11.1 Å². The second kappa shape index (κ2) is 7.44. The maximum atomic E-state index is 13.2. The van der Waals surface area contributed by atoms with Gasteiger partial charge in [0, 0.05) is 18.7 Å². The Labute approximate surface area is 121 Å². The summed E-state index contributed by atoms with van der Waals surface area (Å²) in [6.45, 7) is 1.35. The molecular formula is C15H17FN2O3. The molecule has 21 heavy (non-hydrogen) atoms. The van der Waals surface area contributed by atoms with Crippen molar-refractivity contribution < 1.29 is 18.3 Å². The number of hydrogen-bond acceptors (Lipinski definition) is 4. The second-order valence-electron chi connectivity index (χ2n) is 4.48. The molecule has 6 heteroatoms. The zero-order chi connectivity index (χ0) is 15.1. The van der Waals surface area contributed by atoms with Crippen LogP contribution in [0.15, 0.2) is 41.0 Å². The quantitative estimate of drug-likeness (QED) is 0.606. The number of nitrogens with one attached hydrogen (secondary N) is 1. The summed E-state index contributed by atoms with van der Waals surface area (Å²) in [6.07, 6.45) is 2.24. The van der Waals surface area contributed by atoms with E-state index >= 15 is 0 Å². The highest BCUT2D eigenvalue weighted by Crippen LogP contribution is 2.11. The lowest BCUT2D eigenvalue weighted by Crippen LogP contribution is -2.25. The maximum absolute atomic E-state index is 13.2. The number of ether oxygens (including phenoxy) is 1. The summed E-state index contributed by atoms with van der Waals surface area (Å²) < 4.78 is 23.7. The molecule has 1 amide bonds. The highest BCUT2D eigenvalue weighted by atomic mass is 19.1. The van der Waals surface area contributed by atoms with Crippen LogP contribution in [0.4, 0.5) is 10.1 Å². The Kier molecular flexibility index (Phi) is 5.34. The standard InChI is InChI=1S/C15H17FN2O3/c16-13-9-11(4-5-14(13)17)15(19)18-6-2-7-20-10-12-3-1-8-21-12/h1,3-5,8-9H,2,6-7,10,17H2,(H,18,19). The average Bonchev–Trinajstić information content (AvgIpc) is 2.98. The van der Waals surface area contributed by atoms with Gasteiger partial charge in [-0.15, -0.1) is 0 Å². The van der Waals surface area contributed by atoms with Gasteiger partial charge in [0.1, 0.15) is 18.2 Å². The van der Waals surface area contributed by atoms with E-state index in [2.05, 4.69) is 5.32 Å². The molecule has 2 rings (SSSR count). The van der Waals surface area contributed by atoms with Gasteiger partial charge in [-0.2, -0.15) is 0 Å². The molecule has 0 saturated carbocycles. The third-order valence-corrected chi connectivity index (χ3v) is 2.84. The molecule has 0 radical (unpaired) electrons. The first-order valence-corrected chi connectivity index (χ1v) is 6.60. The first-order valence-electron chi connectivity index (χ1n) is 6.60. The third-order valence-electron chi connectivity index (χ3n) is 2.84. The van der Waals surface area contributed by atoms with Crippen molar-refractivity contribution in [2.24, 2.45) is 0 Å². The van der Waals surface area contributed by atoms with Gasteiger partial charge in [0.05, 0.1) is 12.0 Å². The number of anilines is 1. The Morgan fingerprint density at radius 3 is 2.95 bits per heavy atom. The van der Waals surface area contributed by atoms with Gasteiger partial charge in [-0.25, -0.2) is 4.39 Å². The zero-order valence-corrected chi connectivity index (χ0v) is 11.5. The number of amides is 1. The number of carbonyl (C=O) groups excluding carboxylic acids is 1. The molecule has 1 heterocycles. The summed E-state index contributed by atoms with van der Waals surface area (Å²) in [7, 11) is 0. The van der Waals surface area contributed by atoms with Crippen LogP contribution in [0, 0.1) is 5.82 Å². The van der Waals surface area contributed by atoms with Crippen molar-refractivity contribution in [3.05, 3.63) is 53.7 Å². The molecule has 0 aliphatic rings. The Morgan fingerprint density at radius 2 is 2.24 bits per heavy atom. The monoisotopic (exact) mass is 292 g/mol. The van der Waals surface area contributed by atoms with Gasteiger partial charge in [-0.05, 0) is 36.8 Å². The lowest BCUT2D eigenvalue weighted by Gasteiger charge is -2.06. The Balaban J connectivity index is 1.63. The van der Waals surface area contributed by atoms with E-state index in [0.717, 1.165) is 11.8 Å². The average molecular weight is 292 g/mol. The number of nitrogen functional groups attached to an aromatic ring is 1. The summed E-state index contributed by atoms with van der Waals surface area (Å²) in [5, 5.41) is 2.69. The number of halogens is 1. The lowest BCUT2D eigenvalue weighted by atomic mass is 10.2. The van der Waals surface area contributed by atoms with Crippen LogP contribution >= 0.6 is 0 Å². The van der Waals surface area contributed by atoms with Gasteiger partial charge < -0.3 is 20.2 Å². The molecular weight excluding hydrogens is 275 g/mol. The second-order valence-corrected chi connectivity index (χ2v) is 4.48. The molecule has 0 fully saturated rings. The summed E-state index contributed by atoms with van der Waals surface area (Å²) in [5.74, 6) is -0.166. The highest BCUT2D eigenvalue weighted by molar-refractivity contribution is 5.94. The Morgan fingerprint density at radius 1 is 1.38 bits per heavy atom. The number of nitrogens with two attached hydrogens (primary N) is 1. The molecule has 0 atom stereocenters. The number of hydrogen-bond donors (Lipinski definition) is 2. The van der Waals surface area contributed by atoms with Gasteiger partial charge in [-0.3, -0.25) is 4.79 Å². The van der Waals surface area contributed by atoms with Gasteiger partial charge in [0.15, 0.2) is 0 Å². The lowest BCUT2D eigenvalue weighted by molar-refractivity contribution is 0.0916. The predicted molar refractivity (Wildman–Crippen MR) is 76.1 cm³/mol. The summed E-state index contributed by atoms with van der Waals surface area (Å²) in [5.41, 5.74) is 5.63. The zero-order valence-electron chi connectivity index (χ0n) is 11.5. The van der Waals surface area contributed by atoms with Crippen LogP contribution in [-0.2, 0) is 11.3 Å². The van der Waals surface area contributed by atoms with Crippen molar-refractivity contribution >= 4 is 11.6 Å². The minimum absolute atomic E-state index is 0.0258. The van der Waals surface area contributed by atoms with E-state index in [4.69, 9.17) is 14.9 Å². The van der Waals surface area contributed by atoms with Crippen LogP contribution in [0.5, 0.6) is 0 Å². The fourth-order valence-electron chi connectivity index (χ4n) is 1.71. The van der Waals surface area contributed by atoms with Crippen LogP contribution in [0.25, 0.3) is 0 Å². The molecule has 0 bridgehead atoms. The summed E-state index contributed by atoms with van der Waals surface area (Å²) in [6, 6.07) is 7.61. The minimum atomic E-state index is -0.593. The van der Waals surface area contributed by atoms with Crippen molar-refractivity contribution in [3.8, 4) is 0 Å². The Hall–Kier alpha value is -2.34. The summed E-state index contributed by atoms with van der Waals surface area (Å²) in [4.78, 5) is 11.8. The fraction of sp³-hybridized carbons (Fsp3) is 0.267. The Bertz CT molecular complexity index is 585. The van der Waals surface area contributed by atoms with Crippen molar-refractivity contribution in [1.82, 2.24) is 5.32 Å². The van der Waals surface area contributed by atoms with E-state index < -0.39 is 5.82 Å². The van der Waals surface area contributed by atoms with Crippen LogP contribution in [0.2, 0.25) is 0 Å². The van der Waals surface area contributed by atoms with Gasteiger partial charge >= 0.3 is 0 Å². The van der Waals surface area contributed by atoms with Crippen molar-refractivity contribution in [2.75, 3.05) is 18.9 Å². The molecule has 1 aromatic carbocycles. The van der Waals surface area contributed by atoms with Crippen molar-refractivity contribution in [2.45, 2.75) is 13.0 Å². The number of rotatable bonds is 7. The molecule has 0 aliphatic heterocycles. The van der Waals surface area contributed by atoms with Gasteiger partial charge in [-0.1, -0.05) is 0 Å². The predicted octanol–water partition coefficient (Wildman–Crippen LogP) is 2.34. The number of furan rings is 1. The first-order chi connectivity index (χ1) is 10.2. The van der Waals surface area contributed by atoms with Crippen LogP contribution in [0.3, 0.4) is 0 Å². The molecule has 5 nitrogen and oxygen atoms in total. The van der Waals surface area contributed by atoms with E-state index in [9.17, 15) is 9.18 Å². The third kappa shape index (κ3) is 4.61. The van der Waals surface area contributed by atoms with E-state index in [0.29, 0.717) is 26.2 Å². The molecule has 112 valence electrons. The van der Waals surface area contributed by atoms with Crippen molar-refractivity contribution in [3.63, 3.8) is 0 Å². The highest BCUT2D eigenvalue weighted by Gasteiger charge is 2.07. The molecule has 0 unspecified atom stereocenters. The molecule has 0 aliphatic carbocycles. The van der Waals surface area contributed by atoms with Gasteiger partial charge in [0.25, 0.3) is 5.91 Å². The van der Waals surface area contributed by atoms with E-state index in [1.54, 1.807) is 12.3 Å². The maximum Gasteiger partial charge on any atom is 0.251 e. The minimum Gasteiger partial charge on any atom is -0.467 e. The van der Waals surface area contributed by atoms with Crippen molar-refractivity contribution in [1.29, 1.82) is 0 Å². The van der Waals surface area contributed by atoms with E-state index in [1.165, 1.54) is 12.1 Å². The first kappa shape index (κ1) is 15.1. The summed E-state index contributed by atoms with van der Waals surface area (Å²) >= 11 is 0. The molecule has 0 spiro atoms. The smallest absolute Gasteiger partial charge is 0.251 e. The van der Waals surface area contributed by atoms with Gasteiger partial charge in [0.2, 0.25) is 0 Å². The largest absolute Gasteiger partial charge is 0.467 e. The number of benzene rings is 1. The van der Waals surface area contributed by atoms with E-state index in [-0.39, 0.29) is 17.2 Å². The van der Waals surface area contributed by atoms with Crippen LogP contribution in [0.1, 0.15) is 22.5 Å². The molecule has 3 N–H and O–H groups in total. The number of carbonyl (C=O) groups is 1. The topological polar surface area (TPSA) is 77.5 Å². The SMILES string of the molecule is Nc1ccc(C(=O)NCCCOCc2ccco2)cc1F. The van der Waals surface area contributed by atoms with E-state index in [1.807, 2.05) is 6.07 Å². The molecule has 1 aromatic heterocycles. The molecule has 0 saturated heterocycles. The van der Waals surface area contributed by atoms with Crippen LogP contribution in [-0.4, -0.2) is 19.1 Å².